The smallest absolute Gasteiger partial charge is 0.159 e. The van der Waals surface area contributed by atoms with Crippen LogP contribution >= 0.6 is 11.8 Å². The molecule has 0 aromatic heterocycles. The van der Waals surface area contributed by atoms with Gasteiger partial charge in [0.1, 0.15) is 6.10 Å². The van der Waals surface area contributed by atoms with Crippen LogP contribution in [0, 0.1) is 0 Å². The molecule has 4 nitrogen and oxygen atoms in total. The quantitative estimate of drug-likeness (QED) is 0.716. The summed E-state index contributed by atoms with van der Waals surface area (Å²) >= 11 is 1.70. The summed E-state index contributed by atoms with van der Waals surface area (Å²) in [6.07, 6.45) is 0.523. The highest BCUT2D eigenvalue weighted by Crippen LogP contribution is 2.31. The van der Waals surface area contributed by atoms with Gasteiger partial charge in [-0.15, -0.1) is 0 Å². The Bertz CT molecular complexity index is 260. The third-order valence-electron chi connectivity index (χ3n) is 2.95. The fourth-order valence-corrected chi connectivity index (χ4v) is 3.33. The van der Waals surface area contributed by atoms with Crippen molar-refractivity contribution in [3.63, 3.8) is 0 Å². The second kappa shape index (κ2) is 4.72. The first-order chi connectivity index (χ1) is 7.24. The van der Waals surface area contributed by atoms with Crippen LogP contribution in [0.1, 0.15) is 19.8 Å². The topological polar surface area (TPSA) is 56.1 Å². The number of nitrogens with zero attached hydrogens (tertiary/aromatic N) is 2. The molecule has 86 valence electrons. The molecule has 3 atom stereocenters. The van der Waals surface area contributed by atoms with E-state index < -0.39 is 12.2 Å². The molecule has 2 heterocycles. The van der Waals surface area contributed by atoms with E-state index in [2.05, 4.69) is 16.8 Å². The Balaban J connectivity index is 2.05. The normalized spacial score (nSPS) is 38.5. The van der Waals surface area contributed by atoms with Gasteiger partial charge in [0.15, 0.2) is 5.17 Å². The van der Waals surface area contributed by atoms with Gasteiger partial charge in [-0.25, -0.2) is 0 Å². The fraction of sp³-hybridized carbons (Fsp3) is 0.900. The molecule has 2 fully saturated rings. The van der Waals surface area contributed by atoms with Crippen molar-refractivity contribution in [2.24, 2.45) is 4.99 Å². The predicted molar refractivity (Wildman–Crippen MR) is 62.2 cm³/mol. The number of fused-ring (bicyclic) bond motifs is 1. The largest absolute Gasteiger partial charge is 0.390 e. The monoisotopic (exact) mass is 230 g/mol. The molecule has 2 saturated heterocycles. The van der Waals surface area contributed by atoms with E-state index in [0.717, 1.165) is 30.4 Å². The van der Waals surface area contributed by atoms with Gasteiger partial charge in [-0.3, -0.25) is 4.99 Å². The standard InChI is InChI=1S/C10H18N2O2S/c1-2-4-11-10-12-5-3-8(13)9(14)7(12)6-15-10/h7-9,13-14H,2-6H2,1H3/t7-,8-,9-/m1/s1. The number of hydrogen-bond acceptors (Lipinski definition) is 4. The maximum atomic E-state index is 9.83. The zero-order valence-electron chi connectivity index (χ0n) is 8.96. The Morgan fingerprint density at radius 3 is 3.07 bits per heavy atom. The van der Waals surface area contributed by atoms with Gasteiger partial charge < -0.3 is 15.1 Å². The lowest BCUT2D eigenvalue weighted by molar-refractivity contribution is -0.0470. The number of hydrogen-bond donors (Lipinski definition) is 2. The summed E-state index contributed by atoms with van der Waals surface area (Å²) < 4.78 is 0. The van der Waals surface area contributed by atoms with Crippen molar-refractivity contribution in [3.8, 4) is 0 Å². The lowest BCUT2D eigenvalue weighted by Crippen LogP contribution is -2.53. The van der Waals surface area contributed by atoms with E-state index in [1.165, 1.54) is 0 Å². The van der Waals surface area contributed by atoms with Crippen LogP contribution in [0.5, 0.6) is 0 Å². The second-order valence-corrected chi connectivity index (χ2v) is 5.07. The van der Waals surface area contributed by atoms with Crippen LogP contribution in [-0.4, -0.2) is 57.4 Å². The highest BCUT2D eigenvalue weighted by molar-refractivity contribution is 8.14. The number of amidine groups is 1. The molecule has 0 amide bonds. The average molecular weight is 230 g/mol. The van der Waals surface area contributed by atoms with Gasteiger partial charge in [0, 0.05) is 18.8 Å². The summed E-state index contributed by atoms with van der Waals surface area (Å²) in [7, 11) is 0. The van der Waals surface area contributed by atoms with Gasteiger partial charge in [-0.05, 0) is 12.8 Å². The molecule has 0 spiro atoms. The van der Waals surface area contributed by atoms with E-state index in [1.807, 2.05) is 0 Å². The van der Waals surface area contributed by atoms with E-state index in [0.29, 0.717) is 6.42 Å². The Hall–Kier alpha value is -0.260. The van der Waals surface area contributed by atoms with Gasteiger partial charge in [-0.1, -0.05) is 18.7 Å². The Morgan fingerprint density at radius 1 is 1.53 bits per heavy atom. The predicted octanol–water partition coefficient (Wildman–Crippen LogP) is 0.295. The zero-order chi connectivity index (χ0) is 10.8. The van der Waals surface area contributed by atoms with Crippen molar-refractivity contribution >= 4 is 16.9 Å². The van der Waals surface area contributed by atoms with E-state index in [-0.39, 0.29) is 6.04 Å². The Morgan fingerprint density at radius 2 is 2.33 bits per heavy atom. The molecule has 0 radical (unpaired) electrons. The molecule has 0 saturated carbocycles. The molecule has 5 heteroatoms. The number of piperidine rings is 1. The van der Waals surface area contributed by atoms with E-state index in [9.17, 15) is 10.2 Å². The molecule has 0 aromatic rings. The van der Waals surface area contributed by atoms with Crippen molar-refractivity contribution in [2.75, 3.05) is 18.8 Å². The fourth-order valence-electron chi connectivity index (χ4n) is 2.06. The van der Waals surface area contributed by atoms with Crippen LogP contribution in [0.4, 0.5) is 0 Å². The molecule has 0 aliphatic carbocycles. The molecule has 0 aromatic carbocycles. The maximum absolute atomic E-state index is 9.83. The van der Waals surface area contributed by atoms with Crippen molar-refractivity contribution in [3.05, 3.63) is 0 Å². The first-order valence-corrected chi connectivity index (χ1v) is 6.52. The minimum Gasteiger partial charge on any atom is -0.390 e. The van der Waals surface area contributed by atoms with E-state index >= 15 is 0 Å². The van der Waals surface area contributed by atoms with Crippen molar-refractivity contribution in [1.82, 2.24) is 4.90 Å². The molecule has 2 N–H and O–H groups in total. The lowest BCUT2D eigenvalue weighted by atomic mass is 9.98. The maximum Gasteiger partial charge on any atom is 0.159 e. The van der Waals surface area contributed by atoms with Gasteiger partial charge >= 0.3 is 0 Å². The van der Waals surface area contributed by atoms with Crippen LogP contribution in [0.25, 0.3) is 0 Å². The van der Waals surface area contributed by atoms with Gasteiger partial charge in [0.2, 0.25) is 0 Å². The molecular formula is C10H18N2O2S. The van der Waals surface area contributed by atoms with Crippen LogP contribution in [0.3, 0.4) is 0 Å². The summed E-state index contributed by atoms with van der Waals surface area (Å²) in [5.41, 5.74) is 0. The lowest BCUT2D eigenvalue weighted by Gasteiger charge is -2.37. The summed E-state index contributed by atoms with van der Waals surface area (Å²) in [4.78, 5) is 6.65. The number of aliphatic hydroxyl groups is 2. The molecule has 0 unspecified atom stereocenters. The minimum absolute atomic E-state index is 0.0642. The van der Waals surface area contributed by atoms with Crippen LogP contribution in [-0.2, 0) is 0 Å². The first-order valence-electron chi connectivity index (χ1n) is 5.54. The molecule has 2 aliphatic rings. The molecule has 2 rings (SSSR count). The summed E-state index contributed by atoms with van der Waals surface area (Å²) in [6.45, 7) is 3.78. The average Bonchev–Trinajstić information content (AvgIpc) is 2.64. The molecule has 2 aliphatic heterocycles. The zero-order valence-corrected chi connectivity index (χ0v) is 9.78. The van der Waals surface area contributed by atoms with Crippen molar-refractivity contribution in [1.29, 1.82) is 0 Å². The van der Waals surface area contributed by atoms with Crippen molar-refractivity contribution in [2.45, 2.75) is 38.0 Å². The number of aliphatic imine (C=N–C) groups is 1. The first kappa shape index (κ1) is 11.2. The van der Waals surface area contributed by atoms with Gasteiger partial charge in [0.05, 0.1) is 12.1 Å². The summed E-state index contributed by atoms with van der Waals surface area (Å²) in [6, 6.07) is 0.0642. The minimum atomic E-state index is -0.611. The van der Waals surface area contributed by atoms with Gasteiger partial charge in [-0.2, -0.15) is 0 Å². The Labute approximate surface area is 94.4 Å². The number of rotatable bonds is 2. The van der Waals surface area contributed by atoms with Gasteiger partial charge in [0.25, 0.3) is 0 Å². The van der Waals surface area contributed by atoms with Crippen molar-refractivity contribution < 1.29 is 10.2 Å². The van der Waals surface area contributed by atoms with E-state index in [4.69, 9.17) is 0 Å². The second-order valence-electron chi connectivity index (χ2n) is 4.08. The number of aliphatic hydroxyl groups excluding tert-OH is 2. The molecular weight excluding hydrogens is 212 g/mol. The highest BCUT2D eigenvalue weighted by Gasteiger charge is 2.41. The van der Waals surface area contributed by atoms with Crippen LogP contribution in [0.2, 0.25) is 0 Å². The molecule has 0 bridgehead atoms. The summed E-state index contributed by atoms with van der Waals surface area (Å²) in [5.74, 6) is 0.848. The number of thioether (sulfide) groups is 1. The SMILES string of the molecule is CCCN=C1SC[C@@H]2[C@@H](O)[C@H](O)CCN12. The Kier molecular flexibility index (Phi) is 3.53. The third kappa shape index (κ3) is 2.14. The third-order valence-corrected chi connectivity index (χ3v) is 4.08. The highest BCUT2D eigenvalue weighted by atomic mass is 32.2. The molecule has 15 heavy (non-hydrogen) atoms. The van der Waals surface area contributed by atoms with Crippen LogP contribution in [0.15, 0.2) is 4.99 Å². The van der Waals surface area contributed by atoms with Crippen LogP contribution < -0.4 is 0 Å². The van der Waals surface area contributed by atoms with E-state index in [1.54, 1.807) is 11.8 Å². The summed E-state index contributed by atoms with van der Waals surface area (Å²) in [5, 5.41) is 20.4.